The first-order chi connectivity index (χ1) is 10.6. The van der Waals surface area contributed by atoms with Crippen LogP contribution in [0.2, 0.25) is 0 Å². The molecule has 0 saturated heterocycles. The zero-order valence-electron chi connectivity index (χ0n) is 13.0. The van der Waals surface area contributed by atoms with E-state index in [9.17, 15) is 4.79 Å². The van der Waals surface area contributed by atoms with Gasteiger partial charge in [-0.2, -0.15) is 0 Å². The van der Waals surface area contributed by atoms with Crippen molar-refractivity contribution in [2.45, 2.75) is 26.3 Å². The number of rotatable bonds is 5. The van der Waals surface area contributed by atoms with E-state index in [2.05, 4.69) is 33.8 Å². The van der Waals surface area contributed by atoms with Crippen molar-refractivity contribution in [3.8, 4) is 12.3 Å². The molecule has 0 aromatic heterocycles. The SMILES string of the molecule is C#Cc1cccc(NC(=O)CN=C(NCC)NC2CC2C)c1. The molecule has 0 bridgehead atoms. The molecule has 2 rings (SSSR count). The normalized spacial score (nSPS) is 20.0. The molecule has 1 aliphatic rings. The van der Waals surface area contributed by atoms with Gasteiger partial charge >= 0.3 is 0 Å². The number of terminal acetylenes is 1. The lowest BCUT2D eigenvalue weighted by Crippen LogP contribution is -2.39. The summed E-state index contributed by atoms with van der Waals surface area (Å²) in [4.78, 5) is 16.3. The minimum absolute atomic E-state index is 0.0662. The summed E-state index contributed by atoms with van der Waals surface area (Å²) in [6.07, 6.45) is 6.49. The van der Waals surface area contributed by atoms with Crippen molar-refractivity contribution >= 4 is 17.6 Å². The third-order valence-corrected chi connectivity index (χ3v) is 3.47. The van der Waals surface area contributed by atoms with Crippen LogP contribution in [0.25, 0.3) is 0 Å². The van der Waals surface area contributed by atoms with E-state index in [0.29, 0.717) is 23.6 Å². The summed E-state index contributed by atoms with van der Waals surface area (Å²) < 4.78 is 0. The molecular weight excluding hydrogens is 276 g/mol. The first-order valence-electron chi connectivity index (χ1n) is 7.53. The largest absolute Gasteiger partial charge is 0.357 e. The highest BCUT2D eigenvalue weighted by Crippen LogP contribution is 2.28. The number of carbonyl (C=O) groups excluding carboxylic acids is 1. The van der Waals surface area contributed by atoms with Crippen LogP contribution in [0.15, 0.2) is 29.3 Å². The summed E-state index contributed by atoms with van der Waals surface area (Å²) in [6.45, 7) is 5.01. The molecule has 1 aliphatic carbocycles. The van der Waals surface area contributed by atoms with Crippen molar-refractivity contribution in [2.24, 2.45) is 10.9 Å². The van der Waals surface area contributed by atoms with Crippen molar-refractivity contribution in [1.82, 2.24) is 10.6 Å². The molecular formula is C17H22N4O. The molecule has 1 amide bonds. The number of aliphatic imine (C=N–C) groups is 1. The van der Waals surface area contributed by atoms with Gasteiger partial charge < -0.3 is 16.0 Å². The molecule has 0 aliphatic heterocycles. The number of anilines is 1. The fourth-order valence-corrected chi connectivity index (χ4v) is 2.06. The van der Waals surface area contributed by atoms with Crippen LogP contribution in [0, 0.1) is 18.3 Å². The zero-order chi connectivity index (χ0) is 15.9. The summed E-state index contributed by atoms with van der Waals surface area (Å²) in [5.41, 5.74) is 1.42. The molecule has 1 fully saturated rings. The molecule has 2 atom stereocenters. The van der Waals surface area contributed by atoms with Gasteiger partial charge in [-0.05, 0) is 37.5 Å². The lowest BCUT2D eigenvalue weighted by molar-refractivity contribution is -0.114. The molecule has 1 aromatic carbocycles. The van der Waals surface area contributed by atoms with Crippen LogP contribution in [0.1, 0.15) is 25.8 Å². The van der Waals surface area contributed by atoms with E-state index in [1.807, 2.05) is 19.1 Å². The quantitative estimate of drug-likeness (QED) is 0.439. The van der Waals surface area contributed by atoms with E-state index in [4.69, 9.17) is 6.42 Å². The Labute approximate surface area is 131 Å². The van der Waals surface area contributed by atoms with Crippen LogP contribution in [-0.2, 0) is 4.79 Å². The number of benzene rings is 1. The molecule has 1 saturated carbocycles. The molecule has 2 unspecified atom stereocenters. The number of nitrogens with zero attached hydrogens (tertiary/aromatic N) is 1. The van der Waals surface area contributed by atoms with Crippen LogP contribution in [0.5, 0.6) is 0 Å². The van der Waals surface area contributed by atoms with Crippen molar-refractivity contribution in [2.75, 3.05) is 18.4 Å². The average Bonchev–Trinajstić information content (AvgIpc) is 3.20. The monoisotopic (exact) mass is 298 g/mol. The Hall–Kier alpha value is -2.48. The molecule has 1 aromatic rings. The third kappa shape index (κ3) is 4.81. The minimum atomic E-state index is -0.171. The standard InChI is InChI=1S/C17H22N4O/c1-4-13-7-6-8-14(10-13)20-16(22)11-19-17(18-5-2)21-15-9-12(15)3/h1,6-8,10,12,15H,5,9,11H2,2-3H3,(H,20,22)(H2,18,19,21). The molecule has 0 radical (unpaired) electrons. The molecule has 5 heteroatoms. The first kappa shape index (κ1) is 15.9. The number of guanidine groups is 1. The van der Waals surface area contributed by atoms with Gasteiger partial charge in [-0.15, -0.1) is 6.42 Å². The van der Waals surface area contributed by atoms with E-state index in [-0.39, 0.29) is 12.5 Å². The van der Waals surface area contributed by atoms with Gasteiger partial charge in [-0.1, -0.05) is 18.9 Å². The lowest BCUT2D eigenvalue weighted by atomic mass is 10.2. The number of nitrogens with one attached hydrogen (secondary N) is 3. The number of hydrogen-bond acceptors (Lipinski definition) is 2. The van der Waals surface area contributed by atoms with E-state index >= 15 is 0 Å². The van der Waals surface area contributed by atoms with Crippen LogP contribution in [0.3, 0.4) is 0 Å². The first-order valence-corrected chi connectivity index (χ1v) is 7.53. The van der Waals surface area contributed by atoms with Crippen molar-refractivity contribution in [1.29, 1.82) is 0 Å². The van der Waals surface area contributed by atoms with Crippen LogP contribution >= 0.6 is 0 Å². The van der Waals surface area contributed by atoms with Crippen LogP contribution in [-0.4, -0.2) is 31.0 Å². The fraction of sp³-hybridized carbons (Fsp3) is 0.412. The smallest absolute Gasteiger partial charge is 0.246 e. The minimum Gasteiger partial charge on any atom is -0.357 e. The molecule has 3 N–H and O–H groups in total. The van der Waals surface area contributed by atoms with E-state index in [0.717, 1.165) is 18.5 Å². The lowest BCUT2D eigenvalue weighted by Gasteiger charge is -2.10. The summed E-state index contributed by atoms with van der Waals surface area (Å²) >= 11 is 0. The summed E-state index contributed by atoms with van der Waals surface area (Å²) in [7, 11) is 0. The van der Waals surface area contributed by atoms with Gasteiger partial charge in [0, 0.05) is 23.8 Å². The predicted molar refractivity (Wildman–Crippen MR) is 89.7 cm³/mol. The maximum absolute atomic E-state index is 12.0. The molecule has 5 nitrogen and oxygen atoms in total. The number of amides is 1. The Morgan fingerprint density at radius 2 is 2.27 bits per heavy atom. The highest BCUT2D eigenvalue weighted by atomic mass is 16.1. The van der Waals surface area contributed by atoms with Gasteiger partial charge in [-0.3, -0.25) is 4.79 Å². The van der Waals surface area contributed by atoms with Crippen molar-refractivity contribution in [3.05, 3.63) is 29.8 Å². The maximum atomic E-state index is 12.0. The van der Waals surface area contributed by atoms with Crippen molar-refractivity contribution in [3.63, 3.8) is 0 Å². The van der Waals surface area contributed by atoms with Gasteiger partial charge in [0.15, 0.2) is 5.96 Å². The molecule has 22 heavy (non-hydrogen) atoms. The van der Waals surface area contributed by atoms with Crippen molar-refractivity contribution < 1.29 is 4.79 Å². The number of carbonyl (C=O) groups is 1. The predicted octanol–water partition coefficient (Wildman–Crippen LogP) is 1.57. The third-order valence-electron chi connectivity index (χ3n) is 3.47. The Morgan fingerprint density at radius 3 is 2.91 bits per heavy atom. The average molecular weight is 298 g/mol. The second kappa shape index (κ2) is 7.51. The van der Waals surface area contributed by atoms with Crippen LogP contribution < -0.4 is 16.0 Å². The van der Waals surface area contributed by atoms with Gasteiger partial charge in [0.25, 0.3) is 0 Å². The van der Waals surface area contributed by atoms with E-state index in [1.165, 1.54) is 0 Å². The summed E-state index contributed by atoms with van der Waals surface area (Å²) in [6, 6.07) is 7.66. The molecule has 116 valence electrons. The Bertz CT molecular complexity index is 603. The summed E-state index contributed by atoms with van der Waals surface area (Å²) in [5.74, 6) is 3.73. The Kier molecular flexibility index (Phi) is 5.42. The Morgan fingerprint density at radius 1 is 1.50 bits per heavy atom. The summed E-state index contributed by atoms with van der Waals surface area (Å²) in [5, 5.41) is 9.25. The van der Waals surface area contributed by atoms with Crippen LogP contribution in [0.4, 0.5) is 5.69 Å². The van der Waals surface area contributed by atoms with Gasteiger partial charge in [-0.25, -0.2) is 4.99 Å². The molecule has 0 heterocycles. The number of hydrogen-bond donors (Lipinski definition) is 3. The van der Waals surface area contributed by atoms with Gasteiger partial charge in [0.05, 0.1) is 0 Å². The Balaban J connectivity index is 1.88. The molecule has 0 spiro atoms. The van der Waals surface area contributed by atoms with E-state index in [1.54, 1.807) is 12.1 Å². The second-order valence-corrected chi connectivity index (χ2v) is 5.43. The fourth-order valence-electron chi connectivity index (χ4n) is 2.06. The highest BCUT2D eigenvalue weighted by Gasteiger charge is 2.33. The zero-order valence-corrected chi connectivity index (χ0v) is 13.0. The second-order valence-electron chi connectivity index (χ2n) is 5.43. The maximum Gasteiger partial charge on any atom is 0.246 e. The highest BCUT2D eigenvalue weighted by molar-refractivity contribution is 5.94. The van der Waals surface area contributed by atoms with Gasteiger partial charge in [0.2, 0.25) is 5.91 Å². The van der Waals surface area contributed by atoms with E-state index < -0.39 is 0 Å². The topological polar surface area (TPSA) is 65.5 Å². The van der Waals surface area contributed by atoms with Gasteiger partial charge in [0.1, 0.15) is 6.54 Å².